The Morgan fingerprint density at radius 1 is 1.14 bits per heavy atom. The van der Waals surface area contributed by atoms with Crippen molar-refractivity contribution < 1.29 is 22.8 Å². The molecule has 4 aromatic rings. The second-order valence-corrected chi connectivity index (χ2v) is 8.94. The molecule has 0 fully saturated rings. The van der Waals surface area contributed by atoms with Gasteiger partial charge in [0.1, 0.15) is 10.8 Å². The second-order valence-electron chi connectivity index (χ2n) is 8.08. The number of rotatable bonds is 6. The smallest absolute Gasteiger partial charge is 0.347 e. The number of nitrogens with zero attached hydrogens (tertiary/aromatic N) is 3. The van der Waals surface area contributed by atoms with Crippen molar-refractivity contribution in [2.24, 2.45) is 0 Å². The molecule has 3 heterocycles. The van der Waals surface area contributed by atoms with E-state index in [-0.39, 0.29) is 22.2 Å². The van der Waals surface area contributed by atoms with Gasteiger partial charge in [0.05, 0.1) is 11.1 Å². The maximum Gasteiger partial charge on any atom is 0.434 e. The predicted molar refractivity (Wildman–Crippen MR) is 136 cm³/mol. The third-order valence-corrected chi connectivity index (χ3v) is 6.50. The number of carbonyl (C=O) groups is 2. The minimum atomic E-state index is -4.61. The van der Waals surface area contributed by atoms with E-state index in [0.717, 1.165) is 16.7 Å². The average molecular weight is 530 g/mol. The Morgan fingerprint density at radius 2 is 1.89 bits per heavy atom. The zero-order valence-corrected chi connectivity index (χ0v) is 20.9. The molecule has 0 aliphatic rings. The number of thiazole rings is 1. The molecule has 0 atom stereocenters. The van der Waals surface area contributed by atoms with Crippen molar-refractivity contribution >= 4 is 39.9 Å². The Hall–Kier alpha value is -4.06. The fourth-order valence-electron chi connectivity index (χ4n) is 3.85. The van der Waals surface area contributed by atoms with Crippen LogP contribution in [0.2, 0.25) is 0 Å². The molecule has 8 nitrogen and oxygen atoms in total. The monoisotopic (exact) mass is 529 g/mol. The lowest BCUT2D eigenvalue weighted by Gasteiger charge is -2.14. The molecule has 192 valence electrons. The number of urea groups is 1. The van der Waals surface area contributed by atoms with Gasteiger partial charge in [0, 0.05) is 47.4 Å². The summed E-state index contributed by atoms with van der Waals surface area (Å²) in [6.45, 7) is 5.78. The van der Waals surface area contributed by atoms with Gasteiger partial charge in [-0.25, -0.2) is 14.8 Å². The number of pyridine rings is 2. The summed E-state index contributed by atoms with van der Waals surface area (Å²) < 4.78 is 41.6. The van der Waals surface area contributed by atoms with Crippen molar-refractivity contribution in [3.05, 3.63) is 63.5 Å². The van der Waals surface area contributed by atoms with Gasteiger partial charge in [-0.05, 0) is 44.5 Å². The van der Waals surface area contributed by atoms with Crippen LogP contribution < -0.4 is 16.1 Å². The molecule has 37 heavy (non-hydrogen) atoms. The van der Waals surface area contributed by atoms with Gasteiger partial charge in [0.2, 0.25) is 0 Å². The van der Waals surface area contributed by atoms with Crippen LogP contribution in [0.3, 0.4) is 0 Å². The van der Waals surface area contributed by atoms with Crippen LogP contribution in [0.15, 0.2) is 46.8 Å². The fraction of sp³-hybridized carbons (Fsp3) is 0.240. The zero-order valence-electron chi connectivity index (χ0n) is 20.1. The van der Waals surface area contributed by atoms with Crippen LogP contribution in [0.5, 0.6) is 0 Å². The van der Waals surface area contributed by atoms with E-state index < -0.39 is 23.3 Å². The van der Waals surface area contributed by atoms with Gasteiger partial charge in [0.25, 0.3) is 0 Å². The van der Waals surface area contributed by atoms with E-state index in [4.69, 9.17) is 0 Å². The van der Waals surface area contributed by atoms with Crippen LogP contribution in [0.25, 0.3) is 32.6 Å². The number of anilines is 1. The number of aromatic nitrogens is 3. The minimum Gasteiger partial charge on any atom is -0.347 e. The highest BCUT2D eigenvalue weighted by atomic mass is 32.1. The van der Waals surface area contributed by atoms with E-state index in [0.29, 0.717) is 40.7 Å². The molecular formula is C25H22F3N5O3S. The molecule has 0 spiro atoms. The molecule has 3 aromatic heterocycles. The molecule has 0 aliphatic carbocycles. The van der Waals surface area contributed by atoms with E-state index in [9.17, 15) is 27.6 Å². The van der Waals surface area contributed by atoms with Crippen LogP contribution in [0.4, 0.5) is 23.8 Å². The molecule has 12 heteroatoms. The number of benzene rings is 1. The summed E-state index contributed by atoms with van der Waals surface area (Å²) in [4.78, 5) is 44.9. The maximum atomic E-state index is 13.3. The summed E-state index contributed by atoms with van der Waals surface area (Å²) in [6, 6.07) is 5.89. The first kappa shape index (κ1) is 26.0. The number of hydrogen-bond donors (Lipinski definition) is 2. The third-order valence-electron chi connectivity index (χ3n) is 5.62. The van der Waals surface area contributed by atoms with Gasteiger partial charge >= 0.3 is 12.2 Å². The molecule has 0 unspecified atom stereocenters. The summed E-state index contributed by atoms with van der Waals surface area (Å²) in [7, 11) is 0. The average Bonchev–Trinajstić information content (AvgIpc) is 3.35. The number of halogens is 3. The van der Waals surface area contributed by atoms with Crippen molar-refractivity contribution in [1.29, 1.82) is 0 Å². The summed E-state index contributed by atoms with van der Waals surface area (Å²) >= 11 is 0.815. The van der Waals surface area contributed by atoms with Gasteiger partial charge in [-0.3, -0.25) is 14.9 Å². The van der Waals surface area contributed by atoms with Gasteiger partial charge in [-0.1, -0.05) is 6.07 Å². The van der Waals surface area contributed by atoms with Crippen molar-refractivity contribution in [3.63, 3.8) is 0 Å². The number of fused-ring (bicyclic) bond motifs is 1. The van der Waals surface area contributed by atoms with Crippen molar-refractivity contribution in [3.8, 4) is 21.7 Å². The number of hydrogen-bond acceptors (Lipinski definition) is 6. The van der Waals surface area contributed by atoms with Crippen molar-refractivity contribution in [2.75, 3.05) is 11.9 Å². The van der Waals surface area contributed by atoms with E-state index >= 15 is 0 Å². The quantitative estimate of drug-likeness (QED) is 0.318. The van der Waals surface area contributed by atoms with E-state index in [2.05, 4.69) is 20.6 Å². The summed E-state index contributed by atoms with van der Waals surface area (Å²) in [5, 5.41) is 6.48. The first-order valence-corrected chi connectivity index (χ1v) is 12.2. The Balaban J connectivity index is 1.91. The second kappa shape index (κ2) is 10.1. The highest BCUT2D eigenvalue weighted by molar-refractivity contribution is 7.13. The fourth-order valence-corrected chi connectivity index (χ4v) is 4.71. The number of Topliss-reactive ketones (excluding diaryl/α,β-unsaturated/α-hetero) is 1. The minimum absolute atomic E-state index is 0.0766. The van der Waals surface area contributed by atoms with Crippen LogP contribution in [0.1, 0.15) is 36.8 Å². The molecule has 2 amide bonds. The topological polar surface area (TPSA) is 106 Å². The molecule has 1 aromatic carbocycles. The first-order valence-electron chi connectivity index (χ1n) is 11.3. The molecule has 0 saturated heterocycles. The lowest BCUT2D eigenvalue weighted by molar-refractivity contribution is -0.140. The number of ketones is 1. The van der Waals surface area contributed by atoms with Gasteiger partial charge in [-0.2, -0.15) is 13.2 Å². The number of amides is 2. The Morgan fingerprint density at radius 3 is 2.51 bits per heavy atom. The van der Waals surface area contributed by atoms with Gasteiger partial charge < -0.3 is 9.88 Å². The highest BCUT2D eigenvalue weighted by Gasteiger charge is 2.34. The summed E-state index contributed by atoms with van der Waals surface area (Å²) in [6.07, 6.45) is -1.67. The Kier molecular flexibility index (Phi) is 7.12. The summed E-state index contributed by atoms with van der Waals surface area (Å²) in [5.41, 5.74) is 0.565. The normalized spacial score (nSPS) is 11.5. The van der Waals surface area contributed by atoms with Gasteiger partial charge in [0.15, 0.2) is 16.9 Å². The number of alkyl halides is 3. The Bertz CT molecular complexity index is 1580. The summed E-state index contributed by atoms with van der Waals surface area (Å²) in [5.74, 6) is -0.213. The van der Waals surface area contributed by atoms with E-state index in [1.54, 1.807) is 29.7 Å². The molecular weight excluding hydrogens is 507 g/mol. The predicted octanol–water partition coefficient (Wildman–Crippen LogP) is 5.57. The van der Waals surface area contributed by atoms with Crippen LogP contribution in [-0.2, 0) is 12.7 Å². The lowest BCUT2D eigenvalue weighted by Crippen LogP contribution is -2.28. The highest BCUT2D eigenvalue weighted by Crippen LogP contribution is 2.39. The van der Waals surface area contributed by atoms with E-state index in [1.807, 2.05) is 6.92 Å². The van der Waals surface area contributed by atoms with Crippen molar-refractivity contribution in [1.82, 2.24) is 19.9 Å². The van der Waals surface area contributed by atoms with Crippen LogP contribution in [-0.4, -0.2) is 32.9 Å². The van der Waals surface area contributed by atoms with Crippen LogP contribution in [0, 0.1) is 0 Å². The molecule has 0 saturated carbocycles. The lowest BCUT2D eigenvalue weighted by atomic mass is 9.99. The largest absolute Gasteiger partial charge is 0.434 e. The van der Waals surface area contributed by atoms with E-state index in [1.165, 1.54) is 25.4 Å². The number of carbonyl (C=O) groups excluding carboxylic acids is 2. The standard InChI is InChI=1S/C25H22F3N5O3S/c1-4-29-24(36)32-21-9-16(23-31-20(12-37-23)25(26,27)28)17(10-30-21)14-6-7-15-19(8-14)33(5-2)11-18(13(3)34)22(15)35/h6-12H,4-5H2,1-3H3,(H2,29,30,32,36). The number of nitrogens with one attached hydrogen (secondary N) is 2. The Labute approximate surface area is 213 Å². The van der Waals surface area contributed by atoms with Gasteiger partial charge in [-0.15, -0.1) is 11.3 Å². The molecule has 0 radical (unpaired) electrons. The molecule has 2 N–H and O–H groups in total. The third kappa shape index (κ3) is 5.24. The molecule has 0 bridgehead atoms. The SMILES string of the molecule is CCNC(=O)Nc1cc(-c2nc(C(F)(F)F)cs2)c(-c2ccc3c(=O)c(C(C)=O)cn(CC)c3c2)cn1. The van der Waals surface area contributed by atoms with Crippen molar-refractivity contribution in [2.45, 2.75) is 33.5 Å². The molecule has 0 aliphatic heterocycles. The zero-order chi connectivity index (χ0) is 26.9. The molecule has 4 rings (SSSR count). The first-order chi connectivity index (χ1) is 17.5. The maximum absolute atomic E-state index is 13.3. The van der Waals surface area contributed by atoms with Crippen LogP contribution >= 0.6 is 11.3 Å². The number of aryl methyl sites for hydroxylation is 1.